The highest BCUT2D eigenvalue weighted by Crippen LogP contribution is 2.06. The van der Waals surface area contributed by atoms with E-state index in [1.54, 1.807) is 6.92 Å². The number of nitrogens with one attached hydrogen (secondary N) is 2. The third-order valence-corrected chi connectivity index (χ3v) is 3.66. The Balaban J connectivity index is 2.02. The normalized spacial score (nSPS) is 11.5. The zero-order valence-corrected chi connectivity index (χ0v) is 14.6. The molecule has 142 valence electrons. The van der Waals surface area contributed by atoms with Crippen LogP contribution in [-0.4, -0.2) is 38.9 Å². The van der Waals surface area contributed by atoms with Crippen LogP contribution in [0.3, 0.4) is 0 Å². The SMILES string of the molecule is CC(CCC(=O)O)NC(=O)c1nccnc1C(=O)NCc1ccc(F)cc1. The molecule has 1 aromatic heterocycles. The van der Waals surface area contributed by atoms with Crippen LogP contribution in [0.2, 0.25) is 0 Å². The Kier molecular flexibility index (Phi) is 6.93. The minimum atomic E-state index is -0.962. The summed E-state index contributed by atoms with van der Waals surface area (Å²) in [5.74, 6) is -2.56. The molecule has 9 heteroatoms. The lowest BCUT2D eigenvalue weighted by molar-refractivity contribution is -0.137. The molecule has 0 saturated carbocycles. The molecule has 0 spiro atoms. The number of carboxylic acid groups (broad SMARTS) is 1. The minimum absolute atomic E-state index is 0.0903. The van der Waals surface area contributed by atoms with E-state index in [1.165, 1.54) is 36.7 Å². The van der Waals surface area contributed by atoms with E-state index in [9.17, 15) is 18.8 Å². The second kappa shape index (κ2) is 9.37. The Morgan fingerprint density at radius 3 is 2.26 bits per heavy atom. The maximum atomic E-state index is 12.9. The van der Waals surface area contributed by atoms with Gasteiger partial charge in [0.05, 0.1) is 0 Å². The summed E-state index contributed by atoms with van der Waals surface area (Å²) in [5.41, 5.74) is 0.376. The quantitative estimate of drug-likeness (QED) is 0.644. The molecule has 0 radical (unpaired) electrons. The molecule has 1 aromatic carbocycles. The number of carbonyl (C=O) groups excluding carboxylic acids is 2. The van der Waals surface area contributed by atoms with E-state index in [2.05, 4.69) is 20.6 Å². The van der Waals surface area contributed by atoms with E-state index in [1.807, 2.05) is 0 Å². The summed E-state index contributed by atoms with van der Waals surface area (Å²) < 4.78 is 12.9. The molecule has 1 unspecified atom stereocenters. The average molecular weight is 374 g/mol. The maximum Gasteiger partial charge on any atom is 0.303 e. The van der Waals surface area contributed by atoms with Gasteiger partial charge in [-0.05, 0) is 31.0 Å². The second-order valence-corrected chi connectivity index (χ2v) is 5.87. The smallest absolute Gasteiger partial charge is 0.303 e. The summed E-state index contributed by atoms with van der Waals surface area (Å²) in [5, 5.41) is 13.9. The Morgan fingerprint density at radius 2 is 1.67 bits per heavy atom. The molecule has 1 heterocycles. The van der Waals surface area contributed by atoms with Crippen LogP contribution in [0.15, 0.2) is 36.7 Å². The summed E-state index contributed by atoms with van der Waals surface area (Å²) in [7, 11) is 0. The summed E-state index contributed by atoms with van der Waals surface area (Å²) in [6, 6.07) is 5.21. The van der Waals surface area contributed by atoms with Crippen LogP contribution in [0.5, 0.6) is 0 Å². The van der Waals surface area contributed by atoms with Crippen molar-refractivity contribution in [2.75, 3.05) is 0 Å². The number of carboxylic acids is 1. The van der Waals surface area contributed by atoms with Gasteiger partial charge in [-0.15, -0.1) is 0 Å². The number of carbonyl (C=O) groups is 3. The molecule has 0 fully saturated rings. The first-order valence-electron chi connectivity index (χ1n) is 8.23. The molecule has 2 amide bonds. The van der Waals surface area contributed by atoms with Gasteiger partial charge in [0.2, 0.25) is 0 Å². The van der Waals surface area contributed by atoms with Crippen LogP contribution in [0.25, 0.3) is 0 Å². The Labute approximate surface area is 154 Å². The predicted octanol–water partition coefficient (Wildman–Crippen LogP) is 1.53. The van der Waals surface area contributed by atoms with Crippen molar-refractivity contribution < 1.29 is 23.9 Å². The number of rotatable bonds is 8. The van der Waals surface area contributed by atoms with E-state index < -0.39 is 23.8 Å². The molecule has 2 rings (SSSR count). The first-order chi connectivity index (χ1) is 12.9. The highest BCUT2D eigenvalue weighted by molar-refractivity contribution is 6.04. The van der Waals surface area contributed by atoms with Crippen LogP contribution in [0, 0.1) is 5.82 Å². The lowest BCUT2D eigenvalue weighted by atomic mass is 10.1. The molecule has 27 heavy (non-hydrogen) atoms. The van der Waals surface area contributed by atoms with Gasteiger partial charge >= 0.3 is 5.97 Å². The zero-order chi connectivity index (χ0) is 19.8. The Hall–Kier alpha value is -3.36. The number of benzene rings is 1. The largest absolute Gasteiger partial charge is 0.481 e. The molecule has 0 aliphatic heterocycles. The number of aliphatic carboxylic acids is 1. The van der Waals surface area contributed by atoms with Crippen molar-refractivity contribution in [3.8, 4) is 0 Å². The number of hydrogen-bond acceptors (Lipinski definition) is 5. The Bertz CT molecular complexity index is 826. The van der Waals surface area contributed by atoms with Crippen molar-refractivity contribution in [1.29, 1.82) is 0 Å². The van der Waals surface area contributed by atoms with Crippen molar-refractivity contribution in [3.63, 3.8) is 0 Å². The topological polar surface area (TPSA) is 121 Å². The summed E-state index contributed by atoms with van der Waals surface area (Å²) in [6.45, 7) is 1.79. The maximum absolute atomic E-state index is 12.9. The molecular formula is C18H19FN4O4. The van der Waals surface area contributed by atoms with E-state index in [0.717, 1.165) is 0 Å². The average Bonchev–Trinajstić information content (AvgIpc) is 2.65. The number of aromatic nitrogens is 2. The molecule has 3 N–H and O–H groups in total. The number of amides is 2. The summed E-state index contributed by atoms with van der Waals surface area (Å²) >= 11 is 0. The highest BCUT2D eigenvalue weighted by atomic mass is 19.1. The van der Waals surface area contributed by atoms with Gasteiger partial charge in [0, 0.05) is 31.4 Å². The van der Waals surface area contributed by atoms with Gasteiger partial charge in [-0.2, -0.15) is 0 Å². The van der Waals surface area contributed by atoms with Gasteiger partial charge in [0.1, 0.15) is 5.82 Å². The lowest BCUT2D eigenvalue weighted by Crippen LogP contribution is -2.36. The fourth-order valence-corrected chi connectivity index (χ4v) is 2.24. The van der Waals surface area contributed by atoms with Gasteiger partial charge in [-0.1, -0.05) is 12.1 Å². The second-order valence-electron chi connectivity index (χ2n) is 5.87. The molecule has 8 nitrogen and oxygen atoms in total. The van der Waals surface area contributed by atoms with Gasteiger partial charge in [-0.25, -0.2) is 14.4 Å². The molecule has 0 saturated heterocycles. The lowest BCUT2D eigenvalue weighted by Gasteiger charge is -2.13. The third kappa shape index (κ3) is 6.14. The Morgan fingerprint density at radius 1 is 1.07 bits per heavy atom. The van der Waals surface area contributed by atoms with Crippen molar-refractivity contribution in [1.82, 2.24) is 20.6 Å². The van der Waals surface area contributed by atoms with E-state index >= 15 is 0 Å². The fourth-order valence-electron chi connectivity index (χ4n) is 2.24. The highest BCUT2D eigenvalue weighted by Gasteiger charge is 2.21. The van der Waals surface area contributed by atoms with Gasteiger partial charge < -0.3 is 15.7 Å². The minimum Gasteiger partial charge on any atom is -0.481 e. The van der Waals surface area contributed by atoms with Crippen molar-refractivity contribution in [2.24, 2.45) is 0 Å². The van der Waals surface area contributed by atoms with Gasteiger partial charge in [0.25, 0.3) is 11.8 Å². The van der Waals surface area contributed by atoms with Crippen LogP contribution < -0.4 is 10.6 Å². The monoisotopic (exact) mass is 374 g/mol. The molecule has 2 aromatic rings. The molecule has 0 aliphatic rings. The predicted molar refractivity (Wildman–Crippen MR) is 93.4 cm³/mol. The molecular weight excluding hydrogens is 355 g/mol. The number of halogens is 1. The first kappa shape index (κ1) is 20.0. The van der Waals surface area contributed by atoms with Crippen molar-refractivity contribution >= 4 is 17.8 Å². The molecule has 0 aliphatic carbocycles. The zero-order valence-electron chi connectivity index (χ0n) is 14.6. The van der Waals surface area contributed by atoms with Crippen LogP contribution in [0.1, 0.15) is 46.3 Å². The van der Waals surface area contributed by atoms with Crippen LogP contribution >= 0.6 is 0 Å². The molecule has 1 atom stereocenters. The summed E-state index contributed by atoms with van der Waals surface area (Å²) in [4.78, 5) is 43.2. The van der Waals surface area contributed by atoms with E-state index in [0.29, 0.717) is 5.56 Å². The van der Waals surface area contributed by atoms with Crippen LogP contribution in [-0.2, 0) is 11.3 Å². The van der Waals surface area contributed by atoms with Gasteiger partial charge in [-0.3, -0.25) is 14.4 Å². The number of hydrogen-bond donors (Lipinski definition) is 3. The fraction of sp³-hybridized carbons (Fsp3) is 0.278. The standard InChI is InChI=1S/C18H19FN4O4/c1-11(2-7-14(24)25)23-18(27)16-15(20-8-9-21-16)17(26)22-10-12-3-5-13(19)6-4-12/h3-6,8-9,11H,2,7,10H2,1H3,(H,22,26)(H,23,27)(H,24,25). The van der Waals surface area contributed by atoms with Crippen molar-refractivity contribution in [2.45, 2.75) is 32.4 Å². The first-order valence-corrected chi connectivity index (χ1v) is 8.23. The van der Waals surface area contributed by atoms with Crippen LogP contribution in [0.4, 0.5) is 4.39 Å². The van der Waals surface area contributed by atoms with Gasteiger partial charge in [0.15, 0.2) is 11.4 Å². The number of nitrogens with zero attached hydrogens (tertiary/aromatic N) is 2. The molecule has 0 bridgehead atoms. The summed E-state index contributed by atoms with van der Waals surface area (Å²) in [6.07, 6.45) is 2.73. The van der Waals surface area contributed by atoms with Crippen molar-refractivity contribution in [3.05, 3.63) is 59.4 Å². The van der Waals surface area contributed by atoms with E-state index in [4.69, 9.17) is 5.11 Å². The third-order valence-electron chi connectivity index (χ3n) is 3.66. The van der Waals surface area contributed by atoms with E-state index in [-0.39, 0.29) is 36.6 Å².